The first-order valence-electron chi connectivity index (χ1n) is 8.67. The highest BCUT2D eigenvalue weighted by Gasteiger charge is 2.29. The molecule has 1 aliphatic heterocycles. The van der Waals surface area contributed by atoms with Gasteiger partial charge >= 0.3 is 5.69 Å². The molecule has 0 radical (unpaired) electrons. The number of nitrogens with one attached hydrogen (secondary N) is 3. The molecule has 0 bridgehead atoms. The number of hydrogen-bond acceptors (Lipinski definition) is 5. The molecule has 0 amide bonds. The van der Waals surface area contributed by atoms with Gasteiger partial charge in [-0.2, -0.15) is 5.10 Å². The number of para-hydroxylation sites is 2. The van der Waals surface area contributed by atoms with Crippen LogP contribution in [0.3, 0.4) is 0 Å². The fourth-order valence-electron chi connectivity index (χ4n) is 3.06. The Kier molecular flexibility index (Phi) is 4.88. The Morgan fingerprint density at radius 2 is 1.96 bits per heavy atom. The number of halogens is 1. The maximum atomic E-state index is 13.2. The largest absolute Gasteiger partial charge is 0.486 e. The molecule has 140 valence electrons. The third-order valence-corrected chi connectivity index (χ3v) is 4.43. The molecule has 0 aliphatic carbocycles. The van der Waals surface area contributed by atoms with Crippen LogP contribution in [0.2, 0.25) is 0 Å². The summed E-state index contributed by atoms with van der Waals surface area (Å²) in [5.41, 5.74) is 0.611. The lowest BCUT2D eigenvalue weighted by atomic mass is 10.0. The van der Waals surface area contributed by atoms with Crippen LogP contribution in [0.25, 0.3) is 0 Å². The highest BCUT2D eigenvalue weighted by Crippen LogP contribution is 2.32. The monoisotopic (exact) mass is 370 g/mol. The van der Waals surface area contributed by atoms with Crippen molar-refractivity contribution in [2.24, 2.45) is 0 Å². The summed E-state index contributed by atoms with van der Waals surface area (Å²) in [5, 5.41) is 9.61. The van der Waals surface area contributed by atoms with Crippen molar-refractivity contribution in [3.8, 4) is 11.5 Å². The Morgan fingerprint density at radius 3 is 2.70 bits per heavy atom. The van der Waals surface area contributed by atoms with Gasteiger partial charge in [-0.1, -0.05) is 24.3 Å². The number of H-pyrrole nitrogens is 2. The minimum absolute atomic E-state index is 0.135. The molecule has 3 aromatic rings. The first-order chi connectivity index (χ1) is 13.2. The zero-order valence-electron chi connectivity index (χ0n) is 14.4. The molecule has 2 heterocycles. The molecule has 0 spiro atoms. The SMILES string of the molecule is O=c1[nH]nc(CNC(Cc2ccc(F)cc2)C2COc3ccccc3O2)[nH]1. The lowest BCUT2D eigenvalue weighted by Gasteiger charge is -2.32. The van der Waals surface area contributed by atoms with E-state index in [4.69, 9.17) is 9.47 Å². The number of nitrogens with zero attached hydrogens (tertiary/aromatic N) is 1. The molecule has 0 fully saturated rings. The predicted octanol–water partition coefficient (Wildman–Crippen LogP) is 1.78. The highest BCUT2D eigenvalue weighted by molar-refractivity contribution is 5.41. The zero-order chi connectivity index (χ0) is 18.6. The normalized spacial score (nSPS) is 16.9. The fourth-order valence-corrected chi connectivity index (χ4v) is 3.06. The van der Waals surface area contributed by atoms with Gasteiger partial charge < -0.3 is 14.8 Å². The van der Waals surface area contributed by atoms with Gasteiger partial charge in [-0.05, 0) is 36.2 Å². The first kappa shape index (κ1) is 17.3. The van der Waals surface area contributed by atoms with Crippen molar-refractivity contribution in [1.82, 2.24) is 20.5 Å². The zero-order valence-corrected chi connectivity index (χ0v) is 14.4. The van der Waals surface area contributed by atoms with Crippen molar-refractivity contribution in [2.75, 3.05) is 6.61 Å². The predicted molar refractivity (Wildman–Crippen MR) is 96.3 cm³/mol. The molecule has 0 saturated carbocycles. The molecule has 2 aromatic carbocycles. The van der Waals surface area contributed by atoms with Gasteiger partial charge in [-0.25, -0.2) is 14.3 Å². The molecular weight excluding hydrogens is 351 g/mol. The van der Waals surface area contributed by atoms with Crippen LogP contribution in [0.1, 0.15) is 11.4 Å². The van der Waals surface area contributed by atoms with Crippen LogP contribution in [0.5, 0.6) is 11.5 Å². The molecule has 0 saturated heterocycles. The minimum atomic E-state index is -0.354. The summed E-state index contributed by atoms with van der Waals surface area (Å²) in [7, 11) is 0. The summed E-state index contributed by atoms with van der Waals surface area (Å²) in [6.07, 6.45) is 0.348. The summed E-state index contributed by atoms with van der Waals surface area (Å²) < 4.78 is 25.2. The number of aromatic nitrogens is 3. The third-order valence-electron chi connectivity index (χ3n) is 4.43. The van der Waals surface area contributed by atoms with E-state index in [2.05, 4.69) is 20.5 Å². The van der Waals surface area contributed by atoms with Crippen molar-refractivity contribution < 1.29 is 13.9 Å². The second kappa shape index (κ2) is 7.63. The van der Waals surface area contributed by atoms with Crippen LogP contribution < -0.4 is 20.5 Å². The molecule has 1 aliphatic rings. The van der Waals surface area contributed by atoms with E-state index in [0.717, 1.165) is 5.56 Å². The summed E-state index contributed by atoms with van der Waals surface area (Å²) in [6, 6.07) is 13.7. The third kappa shape index (κ3) is 4.17. The average molecular weight is 370 g/mol. The average Bonchev–Trinajstić information content (AvgIpc) is 3.11. The van der Waals surface area contributed by atoms with Gasteiger partial charge in [0, 0.05) is 0 Å². The van der Waals surface area contributed by atoms with Gasteiger partial charge in [0.2, 0.25) is 0 Å². The van der Waals surface area contributed by atoms with Crippen molar-refractivity contribution in [2.45, 2.75) is 25.1 Å². The summed E-state index contributed by atoms with van der Waals surface area (Å²) in [4.78, 5) is 13.8. The van der Waals surface area contributed by atoms with Crippen LogP contribution in [0.15, 0.2) is 53.3 Å². The minimum Gasteiger partial charge on any atom is -0.486 e. The van der Waals surface area contributed by atoms with Gasteiger partial charge in [0.25, 0.3) is 0 Å². The summed E-state index contributed by atoms with van der Waals surface area (Å²) >= 11 is 0. The van der Waals surface area contributed by atoms with E-state index in [0.29, 0.717) is 36.9 Å². The summed E-state index contributed by atoms with van der Waals surface area (Å²) in [5.74, 6) is 1.63. The number of hydrogen-bond donors (Lipinski definition) is 3. The number of aromatic amines is 2. The van der Waals surface area contributed by atoms with Crippen molar-refractivity contribution in [3.63, 3.8) is 0 Å². The molecule has 1 aromatic heterocycles. The maximum absolute atomic E-state index is 13.2. The van der Waals surface area contributed by atoms with Crippen LogP contribution in [0.4, 0.5) is 4.39 Å². The van der Waals surface area contributed by atoms with Crippen LogP contribution in [-0.4, -0.2) is 33.9 Å². The topological polar surface area (TPSA) is 92.0 Å². The molecule has 2 atom stereocenters. The standard InChI is InChI=1S/C19H19FN4O3/c20-13-7-5-12(6-8-13)9-14(21-10-18-22-19(25)24-23-18)17-11-26-15-3-1-2-4-16(15)27-17/h1-8,14,17,21H,9-11H2,(H2,22,23,24,25). The van der Waals surface area contributed by atoms with Crippen molar-refractivity contribution in [3.05, 3.63) is 76.2 Å². The van der Waals surface area contributed by atoms with E-state index in [1.807, 2.05) is 24.3 Å². The lowest BCUT2D eigenvalue weighted by molar-refractivity contribution is 0.0611. The van der Waals surface area contributed by atoms with Gasteiger partial charge in [0.15, 0.2) is 11.5 Å². The molecular formula is C19H19FN4O3. The Bertz CT molecular complexity index is 954. The second-order valence-corrected chi connectivity index (χ2v) is 6.36. The quantitative estimate of drug-likeness (QED) is 0.615. The molecule has 27 heavy (non-hydrogen) atoms. The smallest absolute Gasteiger partial charge is 0.340 e. The number of fused-ring (bicyclic) bond motifs is 1. The van der Waals surface area contributed by atoms with Crippen LogP contribution >= 0.6 is 0 Å². The van der Waals surface area contributed by atoms with E-state index < -0.39 is 0 Å². The maximum Gasteiger partial charge on any atom is 0.340 e. The first-order valence-corrected chi connectivity index (χ1v) is 8.67. The fraction of sp³-hybridized carbons (Fsp3) is 0.263. The van der Waals surface area contributed by atoms with E-state index in [1.165, 1.54) is 12.1 Å². The highest BCUT2D eigenvalue weighted by atomic mass is 19.1. The Labute approximate surface area is 154 Å². The molecule has 4 rings (SSSR count). The molecule has 3 N–H and O–H groups in total. The molecule has 2 unspecified atom stereocenters. The van der Waals surface area contributed by atoms with E-state index in [1.54, 1.807) is 12.1 Å². The van der Waals surface area contributed by atoms with Gasteiger partial charge in [-0.3, -0.25) is 4.98 Å². The van der Waals surface area contributed by atoms with Crippen molar-refractivity contribution >= 4 is 0 Å². The number of benzene rings is 2. The van der Waals surface area contributed by atoms with E-state index in [9.17, 15) is 9.18 Å². The lowest BCUT2D eigenvalue weighted by Crippen LogP contribution is -2.49. The van der Waals surface area contributed by atoms with Gasteiger partial charge in [0.1, 0.15) is 24.4 Å². The molecule has 7 nitrogen and oxygen atoms in total. The van der Waals surface area contributed by atoms with Crippen molar-refractivity contribution in [1.29, 1.82) is 0 Å². The van der Waals surface area contributed by atoms with Crippen LogP contribution in [-0.2, 0) is 13.0 Å². The summed E-state index contributed by atoms with van der Waals surface area (Å²) in [6.45, 7) is 0.735. The van der Waals surface area contributed by atoms with Gasteiger partial charge in [0.05, 0.1) is 12.6 Å². The number of ether oxygens (including phenoxy) is 2. The Morgan fingerprint density at radius 1 is 1.19 bits per heavy atom. The molecule has 8 heteroatoms. The van der Waals surface area contributed by atoms with Gasteiger partial charge in [-0.15, -0.1) is 0 Å². The van der Waals surface area contributed by atoms with Crippen LogP contribution in [0, 0.1) is 5.82 Å². The van der Waals surface area contributed by atoms with E-state index in [-0.39, 0.29) is 23.7 Å². The number of rotatable bonds is 6. The van der Waals surface area contributed by atoms with E-state index >= 15 is 0 Å². The Balaban J connectivity index is 1.51. The Hall–Kier alpha value is -3.13. The second-order valence-electron chi connectivity index (χ2n) is 6.36.